The number of fused-ring (bicyclic) bond motifs is 1. The van der Waals surface area contributed by atoms with Crippen LogP contribution in [-0.2, 0) is 19.3 Å². The molecule has 1 aliphatic carbocycles. The number of hydrogen-bond donors (Lipinski definition) is 1. The minimum absolute atomic E-state index is 0.00344. The van der Waals surface area contributed by atoms with Gasteiger partial charge in [-0.1, -0.05) is 5.16 Å². The van der Waals surface area contributed by atoms with Crippen LogP contribution in [0.3, 0.4) is 0 Å². The number of nitrogen functional groups attached to an aromatic ring is 1. The molecule has 2 aromatic heterocycles. The van der Waals surface area contributed by atoms with Gasteiger partial charge in [0.15, 0.2) is 5.69 Å². The summed E-state index contributed by atoms with van der Waals surface area (Å²) in [4.78, 5) is 23.3. The fourth-order valence-electron chi connectivity index (χ4n) is 3.93. The molecule has 25 heavy (non-hydrogen) atoms. The first-order valence-corrected chi connectivity index (χ1v) is 9.04. The number of hydrogen-bond acceptors (Lipinski definition) is 6. The molecule has 7 heteroatoms. The van der Waals surface area contributed by atoms with E-state index in [1.54, 1.807) is 12.4 Å². The van der Waals surface area contributed by atoms with Crippen molar-refractivity contribution in [1.29, 1.82) is 0 Å². The summed E-state index contributed by atoms with van der Waals surface area (Å²) in [6, 6.07) is 0. The first-order chi connectivity index (χ1) is 12.2. The van der Waals surface area contributed by atoms with Crippen LogP contribution < -0.4 is 5.73 Å². The Balaban J connectivity index is 1.47. The molecular weight excluding hydrogens is 318 g/mol. The maximum atomic E-state index is 12.9. The molecule has 0 bridgehead atoms. The van der Waals surface area contributed by atoms with Crippen molar-refractivity contribution in [3.63, 3.8) is 0 Å². The SMILES string of the molecule is Nc1nccnc1C[C@@H]1CCCN(C(=O)c2noc3c2CCCC3)C1. The number of carbonyl (C=O) groups excluding carboxylic acids is 1. The molecule has 1 fully saturated rings. The zero-order valence-corrected chi connectivity index (χ0v) is 14.3. The number of piperidine rings is 1. The van der Waals surface area contributed by atoms with Gasteiger partial charge in [-0.25, -0.2) is 4.98 Å². The lowest BCUT2D eigenvalue weighted by atomic mass is 9.92. The quantitative estimate of drug-likeness (QED) is 0.917. The topological polar surface area (TPSA) is 98.1 Å². The predicted octanol–water partition coefficient (Wildman–Crippen LogP) is 2.02. The Kier molecular flexibility index (Phi) is 4.38. The Morgan fingerprint density at radius 2 is 2.08 bits per heavy atom. The van der Waals surface area contributed by atoms with Crippen molar-refractivity contribution in [3.05, 3.63) is 35.1 Å². The number of nitrogens with zero attached hydrogens (tertiary/aromatic N) is 4. The summed E-state index contributed by atoms with van der Waals surface area (Å²) in [5.41, 5.74) is 8.28. The van der Waals surface area contributed by atoms with Gasteiger partial charge in [-0.2, -0.15) is 0 Å². The summed E-state index contributed by atoms with van der Waals surface area (Å²) in [5, 5.41) is 4.09. The molecule has 0 saturated carbocycles. The Bertz CT molecular complexity index is 773. The third-order valence-corrected chi connectivity index (χ3v) is 5.25. The Labute approximate surface area is 146 Å². The zero-order valence-electron chi connectivity index (χ0n) is 14.3. The van der Waals surface area contributed by atoms with Crippen molar-refractivity contribution in [1.82, 2.24) is 20.0 Å². The van der Waals surface area contributed by atoms with E-state index in [1.165, 1.54) is 0 Å². The third-order valence-electron chi connectivity index (χ3n) is 5.25. The highest BCUT2D eigenvalue weighted by Crippen LogP contribution is 2.27. The molecule has 2 N–H and O–H groups in total. The van der Waals surface area contributed by atoms with Gasteiger partial charge >= 0.3 is 0 Å². The highest BCUT2D eigenvalue weighted by Gasteiger charge is 2.30. The maximum absolute atomic E-state index is 12.9. The molecule has 2 aromatic rings. The van der Waals surface area contributed by atoms with E-state index in [0.717, 1.165) is 68.5 Å². The molecule has 0 spiro atoms. The Hall–Kier alpha value is -2.44. The molecule has 7 nitrogen and oxygen atoms in total. The fraction of sp³-hybridized carbons (Fsp3) is 0.556. The van der Waals surface area contributed by atoms with Crippen molar-refractivity contribution >= 4 is 11.7 Å². The summed E-state index contributed by atoms with van der Waals surface area (Å²) in [7, 11) is 0. The standard InChI is InChI=1S/C18H23N5O2/c19-17-14(20-7-8-21-17)10-12-4-3-9-23(11-12)18(24)16-13-5-1-2-6-15(13)25-22-16/h7-8,12H,1-6,9-11H2,(H2,19,21)/t12-/m0/s1. The lowest BCUT2D eigenvalue weighted by molar-refractivity contribution is 0.0661. The van der Waals surface area contributed by atoms with Crippen LogP contribution in [0.2, 0.25) is 0 Å². The Morgan fingerprint density at radius 1 is 1.24 bits per heavy atom. The second-order valence-electron chi connectivity index (χ2n) is 6.99. The normalized spacial score (nSPS) is 20.3. The van der Waals surface area contributed by atoms with Crippen LogP contribution in [0.15, 0.2) is 16.9 Å². The van der Waals surface area contributed by atoms with Gasteiger partial charge in [0.1, 0.15) is 11.6 Å². The number of carbonyl (C=O) groups is 1. The number of likely N-dealkylation sites (tertiary alicyclic amines) is 1. The fourth-order valence-corrected chi connectivity index (χ4v) is 3.93. The average molecular weight is 341 g/mol. The summed E-state index contributed by atoms with van der Waals surface area (Å²) >= 11 is 0. The van der Waals surface area contributed by atoms with Crippen molar-refractivity contribution in [3.8, 4) is 0 Å². The van der Waals surface area contributed by atoms with Crippen LogP contribution in [0.4, 0.5) is 5.82 Å². The smallest absolute Gasteiger partial charge is 0.276 e. The van der Waals surface area contributed by atoms with Crippen LogP contribution in [0.1, 0.15) is 53.2 Å². The van der Waals surface area contributed by atoms with E-state index in [9.17, 15) is 4.79 Å². The van der Waals surface area contributed by atoms with Crippen molar-refractivity contribution in [2.75, 3.05) is 18.8 Å². The molecule has 0 unspecified atom stereocenters. The van der Waals surface area contributed by atoms with Gasteiger partial charge in [0.05, 0.1) is 5.69 Å². The molecule has 1 saturated heterocycles. The van der Waals surface area contributed by atoms with Gasteiger partial charge in [-0.15, -0.1) is 0 Å². The summed E-state index contributed by atoms with van der Waals surface area (Å²) in [6.45, 7) is 1.48. The molecule has 132 valence electrons. The van der Waals surface area contributed by atoms with Gasteiger partial charge in [-0.05, 0) is 44.4 Å². The highest BCUT2D eigenvalue weighted by atomic mass is 16.5. The second-order valence-corrected chi connectivity index (χ2v) is 6.99. The number of rotatable bonds is 3. The molecule has 0 aromatic carbocycles. The number of anilines is 1. The van der Waals surface area contributed by atoms with E-state index < -0.39 is 0 Å². The van der Waals surface area contributed by atoms with Crippen LogP contribution in [0.5, 0.6) is 0 Å². The van der Waals surface area contributed by atoms with E-state index in [0.29, 0.717) is 24.0 Å². The monoisotopic (exact) mass is 341 g/mol. The van der Waals surface area contributed by atoms with Gasteiger partial charge in [-0.3, -0.25) is 9.78 Å². The minimum Gasteiger partial charge on any atom is -0.382 e. The van der Waals surface area contributed by atoms with E-state index >= 15 is 0 Å². The molecule has 1 aliphatic heterocycles. The lowest BCUT2D eigenvalue weighted by Crippen LogP contribution is -2.41. The van der Waals surface area contributed by atoms with Crippen molar-refractivity contribution in [2.45, 2.75) is 44.9 Å². The number of nitrogens with two attached hydrogens (primary N) is 1. The predicted molar refractivity (Wildman–Crippen MR) is 91.9 cm³/mol. The molecule has 1 atom stereocenters. The van der Waals surface area contributed by atoms with E-state index in [-0.39, 0.29) is 5.91 Å². The number of amides is 1. The van der Waals surface area contributed by atoms with Crippen LogP contribution >= 0.6 is 0 Å². The molecule has 1 amide bonds. The van der Waals surface area contributed by atoms with E-state index in [1.807, 2.05) is 4.90 Å². The molecule has 0 radical (unpaired) electrons. The van der Waals surface area contributed by atoms with Gasteiger partial charge in [0.2, 0.25) is 0 Å². The molecule has 3 heterocycles. The van der Waals surface area contributed by atoms with Crippen molar-refractivity contribution in [2.24, 2.45) is 5.92 Å². The number of aromatic nitrogens is 3. The number of aryl methyl sites for hydroxylation is 1. The summed E-state index contributed by atoms with van der Waals surface area (Å²) < 4.78 is 5.40. The molecule has 4 rings (SSSR count). The third kappa shape index (κ3) is 3.23. The maximum Gasteiger partial charge on any atom is 0.276 e. The average Bonchev–Trinajstić information content (AvgIpc) is 3.07. The first-order valence-electron chi connectivity index (χ1n) is 9.04. The van der Waals surface area contributed by atoms with Crippen LogP contribution in [0.25, 0.3) is 0 Å². The summed E-state index contributed by atoms with van der Waals surface area (Å²) in [6.07, 6.45) is 10.1. The molecule has 2 aliphatic rings. The zero-order chi connectivity index (χ0) is 17.2. The minimum atomic E-state index is 0.00344. The lowest BCUT2D eigenvalue weighted by Gasteiger charge is -2.32. The van der Waals surface area contributed by atoms with Gasteiger partial charge < -0.3 is 15.2 Å². The van der Waals surface area contributed by atoms with Gasteiger partial charge in [0, 0.05) is 37.5 Å². The Morgan fingerprint density at radius 3 is 2.96 bits per heavy atom. The van der Waals surface area contributed by atoms with Gasteiger partial charge in [0.25, 0.3) is 5.91 Å². The van der Waals surface area contributed by atoms with Crippen LogP contribution in [-0.4, -0.2) is 39.0 Å². The van der Waals surface area contributed by atoms with Crippen molar-refractivity contribution < 1.29 is 9.32 Å². The highest BCUT2D eigenvalue weighted by molar-refractivity contribution is 5.94. The largest absolute Gasteiger partial charge is 0.382 e. The first kappa shape index (κ1) is 16.1. The second kappa shape index (κ2) is 6.82. The molecular formula is C18H23N5O2. The summed E-state index contributed by atoms with van der Waals surface area (Å²) in [5.74, 6) is 1.73. The van der Waals surface area contributed by atoms with E-state index in [4.69, 9.17) is 10.3 Å². The van der Waals surface area contributed by atoms with Crippen LogP contribution in [0, 0.1) is 5.92 Å². The van der Waals surface area contributed by atoms with E-state index in [2.05, 4.69) is 15.1 Å².